The monoisotopic (exact) mass is 471 g/mol. The second-order valence-electron chi connectivity index (χ2n) is 9.37. The fraction of sp³-hybridized carbons (Fsp3) is 0.296. The molecule has 0 unspecified atom stereocenters. The van der Waals surface area contributed by atoms with Gasteiger partial charge >= 0.3 is 0 Å². The van der Waals surface area contributed by atoms with Gasteiger partial charge in [0.15, 0.2) is 5.69 Å². The number of rotatable bonds is 9. The van der Waals surface area contributed by atoms with E-state index in [9.17, 15) is 4.79 Å². The van der Waals surface area contributed by atoms with Crippen LogP contribution in [0.3, 0.4) is 0 Å². The summed E-state index contributed by atoms with van der Waals surface area (Å²) in [7, 11) is 8.17. The van der Waals surface area contributed by atoms with E-state index < -0.39 is 0 Å². The molecule has 4 rings (SSSR count). The van der Waals surface area contributed by atoms with Gasteiger partial charge in [0.05, 0.1) is 5.52 Å². The van der Waals surface area contributed by atoms with E-state index in [0.29, 0.717) is 5.69 Å². The molecule has 2 aromatic carbocycles. The van der Waals surface area contributed by atoms with Crippen molar-refractivity contribution in [3.8, 4) is 11.1 Å². The Morgan fingerprint density at radius 1 is 0.971 bits per heavy atom. The van der Waals surface area contributed by atoms with Gasteiger partial charge in [0.2, 0.25) is 0 Å². The predicted octanol–water partition coefficient (Wildman–Crippen LogP) is 4.22. The van der Waals surface area contributed by atoms with Gasteiger partial charge in [-0.2, -0.15) is 5.10 Å². The second-order valence-corrected chi connectivity index (χ2v) is 9.37. The summed E-state index contributed by atoms with van der Waals surface area (Å²) in [6.45, 7) is 4.64. The van der Waals surface area contributed by atoms with Crippen LogP contribution >= 0.6 is 0 Å². The van der Waals surface area contributed by atoms with E-state index >= 15 is 0 Å². The van der Waals surface area contributed by atoms with Gasteiger partial charge in [-0.05, 0) is 88.2 Å². The number of fused-ring (bicyclic) bond motifs is 1. The van der Waals surface area contributed by atoms with E-state index in [1.165, 1.54) is 0 Å². The number of hydrogen-bond donors (Lipinski definition) is 3. The summed E-state index contributed by atoms with van der Waals surface area (Å²) in [6.07, 6.45) is 3.72. The molecule has 35 heavy (non-hydrogen) atoms. The zero-order chi connectivity index (χ0) is 24.9. The number of nitrogens with one attached hydrogen (secondary N) is 3. The zero-order valence-corrected chi connectivity index (χ0v) is 21.0. The fourth-order valence-electron chi connectivity index (χ4n) is 4.01. The van der Waals surface area contributed by atoms with Crippen LogP contribution in [0, 0.1) is 6.92 Å². The highest BCUT2D eigenvalue weighted by Gasteiger charge is 2.16. The maximum absolute atomic E-state index is 13.1. The van der Waals surface area contributed by atoms with E-state index in [1.807, 2.05) is 83.9 Å². The summed E-state index contributed by atoms with van der Waals surface area (Å²) in [5, 5.41) is 14.5. The molecule has 0 radical (unpaired) electrons. The Hall–Kier alpha value is -3.75. The molecule has 0 saturated heterocycles. The number of hydrogen-bond acceptors (Lipinski definition) is 6. The maximum atomic E-state index is 13.1. The Morgan fingerprint density at radius 2 is 1.80 bits per heavy atom. The molecule has 4 aromatic rings. The normalized spacial score (nSPS) is 11.4. The van der Waals surface area contributed by atoms with Crippen molar-refractivity contribution >= 4 is 28.2 Å². The highest BCUT2D eigenvalue weighted by Crippen LogP contribution is 2.27. The Bertz CT molecular complexity index is 1330. The standard InChI is InChI=1S/C27H33N7O/c1-18-12-22(7-9-24(18)29-10-11-33(2)3)30-27(35)26-23-14-20(6-8-25(23)31-32-26)21-13-19(15-28-16-21)17-34(4)5/h6-9,12-16,29H,10-11,17H2,1-5H3,(H,30,35)(H,31,32). The molecule has 0 aliphatic rings. The summed E-state index contributed by atoms with van der Waals surface area (Å²) >= 11 is 0. The molecule has 2 heterocycles. The van der Waals surface area contributed by atoms with Crippen LogP contribution in [0.1, 0.15) is 21.6 Å². The molecule has 2 aromatic heterocycles. The first-order chi connectivity index (χ1) is 16.8. The van der Waals surface area contributed by atoms with Crippen LogP contribution < -0.4 is 10.6 Å². The van der Waals surface area contributed by atoms with Crippen molar-refractivity contribution in [3.63, 3.8) is 0 Å². The van der Waals surface area contributed by atoms with Crippen LogP contribution in [-0.2, 0) is 6.54 Å². The van der Waals surface area contributed by atoms with E-state index in [-0.39, 0.29) is 5.91 Å². The van der Waals surface area contributed by atoms with Crippen LogP contribution in [0.5, 0.6) is 0 Å². The number of pyridine rings is 1. The molecule has 0 bridgehead atoms. The van der Waals surface area contributed by atoms with Crippen molar-refractivity contribution in [2.24, 2.45) is 0 Å². The fourth-order valence-corrected chi connectivity index (χ4v) is 4.01. The highest BCUT2D eigenvalue weighted by atomic mass is 16.1. The van der Waals surface area contributed by atoms with Gasteiger partial charge in [-0.1, -0.05) is 6.07 Å². The Morgan fingerprint density at radius 3 is 2.54 bits per heavy atom. The minimum absolute atomic E-state index is 0.249. The molecule has 0 atom stereocenters. The number of likely N-dealkylation sites (N-methyl/N-ethyl adjacent to an activating group) is 1. The average Bonchev–Trinajstić information content (AvgIpc) is 3.23. The molecular formula is C27H33N7O. The summed E-state index contributed by atoms with van der Waals surface area (Å²) in [5.74, 6) is -0.249. The highest BCUT2D eigenvalue weighted by molar-refractivity contribution is 6.11. The summed E-state index contributed by atoms with van der Waals surface area (Å²) in [6, 6.07) is 14.0. The number of aromatic amines is 1. The van der Waals surface area contributed by atoms with Crippen LogP contribution in [0.4, 0.5) is 11.4 Å². The van der Waals surface area contributed by atoms with Crippen LogP contribution in [0.25, 0.3) is 22.0 Å². The average molecular weight is 472 g/mol. The number of carbonyl (C=O) groups is 1. The zero-order valence-electron chi connectivity index (χ0n) is 21.0. The van der Waals surface area contributed by atoms with Crippen molar-refractivity contribution in [2.75, 3.05) is 51.9 Å². The summed E-state index contributed by atoms with van der Waals surface area (Å²) < 4.78 is 0. The minimum atomic E-state index is -0.249. The number of anilines is 2. The van der Waals surface area contributed by atoms with Crippen molar-refractivity contribution in [1.29, 1.82) is 0 Å². The number of H-pyrrole nitrogens is 1. The molecule has 8 heteroatoms. The molecule has 0 saturated carbocycles. The van der Waals surface area contributed by atoms with Crippen molar-refractivity contribution in [1.82, 2.24) is 25.0 Å². The van der Waals surface area contributed by atoms with Gasteiger partial charge in [-0.25, -0.2) is 0 Å². The third kappa shape index (κ3) is 6.03. The van der Waals surface area contributed by atoms with E-state index in [1.54, 1.807) is 0 Å². The Kier molecular flexibility index (Phi) is 7.43. The lowest BCUT2D eigenvalue weighted by Crippen LogP contribution is -2.21. The van der Waals surface area contributed by atoms with Crippen molar-refractivity contribution in [2.45, 2.75) is 13.5 Å². The third-order valence-electron chi connectivity index (χ3n) is 5.76. The third-order valence-corrected chi connectivity index (χ3v) is 5.76. The number of benzene rings is 2. The van der Waals surface area contributed by atoms with Gasteiger partial charge in [0, 0.05) is 54.4 Å². The number of carbonyl (C=O) groups excluding carboxylic acids is 1. The maximum Gasteiger partial charge on any atom is 0.276 e. The predicted molar refractivity (Wildman–Crippen MR) is 143 cm³/mol. The summed E-state index contributed by atoms with van der Waals surface area (Å²) in [4.78, 5) is 21.8. The molecule has 0 spiro atoms. The van der Waals surface area contributed by atoms with Gasteiger partial charge in [0.1, 0.15) is 0 Å². The topological polar surface area (TPSA) is 89.2 Å². The molecule has 0 fully saturated rings. The molecule has 3 N–H and O–H groups in total. The van der Waals surface area contributed by atoms with E-state index in [2.05, 4.69) is 41.7 Å². The SMILES string of the molecule is Cc1cc(NC(=O)c2n[nH]c3ccc(-c4cncc(CN(C)C)c4)cc23)ccc1NCCN(C)C. The van der Waals surface area contributed by atoms with Crippen molar-refractivity contribution in [3.05, 3.63) is 71.7 Å². The smallest absolute Gasteiger partial charge is 0.276 e. The lowest BCUT2D eigenvalue weighted by Gasteiger charge is -2.14. The largest absolute Gasteiger partial charge is 0.384 e. The molecule has 182 valence electrons. The molecule has 0 aliphatic heterocycles. The lowest BCUT2D eigenvalue weighted by molar-refractivity contribution is 0.102. The van der Waals surface area contributed by atoms with Crippen molar-refractivity contribution < 1.29 is 4.79 Å². The molecule has 0 aliphatic carbocycles. The van der Waals surface area contributed by atoms with E-state index in [0.717, 1.165) is 64.2 Å². The van der Waals surface area contributed by atoms with Crippen LogP contribution in [0.15, 0.2) is 54.9 Å². The first-order valence-electron chi connectivity index (χ1n) is 11.7. The minimum Gasteiger partial charge on any atom is -0.384 e. The molecule has 1 amide bonds. The number of amides is 1. The second kappa shape index (κ2) is 10.7. The van der Waals surface area contributed by atoms with Gasteiger partial charge < -0.3 is 20.4 Å². The van der Waals surface area contributed by atoms with Crippen LogP contribution in [-0.4, -0.2) is 72.2 Å². The number of nitrogens with zero attached hydrogens (tertiary/aromatic N) is 4. The molecular weight excluding hydrogens is 438 g/mol. The van der Waals surface area contributed by atoms with Gasteiger partial charge in [-0.3, -0.25) is 14.9 Å². The quantitative estimate of drug-likeness (QED) is 0.339. The first kappa shape index (κ1) is 24.4. The van der Waals surface area contributed by atoms with Gasteiger partial charge in [-0.15, -0.1) is 0 Å². The Labute approximate surface area is 206 Å². The first-order valence-corrected chi connectivity index (χ1v) is 11.7. The van der Waals surface area contributed by atoms with Crippen LogP contribution in [0.2, 0.25) is 0 Å². The molecule has 8 nitrogen and oxygen atoms in total. The Balaban J connectivity index is 1.53. The van der Waals surface area contributed by atoms with E-state index in [4.69, 9.17) is 0 Å². The van der Waals surface area contributed by atoms with Gasteiger partial charge in [0.25, 0.3) is 5.91 Å². The number of aromatic nitrogens is 3. The summed E-state index contributed by atoms with van der Waals surface area (Å²) in [5.41, 5.74) is 7.17. The lowest BCUT2D eigenvalue weighted by atomic mass is 10.0. The number of aryl methyl sites for hydroxylation is 1.